The number of unbranched alkanes of at least 4 members (excludes halogenated alkanes) is 57. The van der Waals surface area contributed by atoms with Gasteiger partial charge in [-0.2, -0.15) is 0 Å². The maximum absolute atomic E-state index is 12.7. The zero-order chi connectivity index (χ0) is 56.6. The molecule has 0 radical (unpaired) electrons. The number of carbonyl (C=O) groups excluding carboxylic acids is 1. The van der Waals surface area contributed by atoms with Gasteiger partial charge in [-0.1, -0.05) is 386 Å². The van der Waals surface area contributed by atoms with Gasteiger partial charge in [0.15, 0.2) is 0 Å². The summed E-state index contributed by atoms with van der Waals surface area (Å²) in [4.78, 5) is 12.7. The Hall–Kier alpha value is -0.950. The first-order valence-electron chi connectivity index (χ1n) is 36.1. The molecule has 4 atom stereocenters. The summed E-state index contributed by atoms with van der Waals surface area (Å²) in [6, 6.07) is -0.985. The Morgan fingerprint density at radius 3 is 0.744 bits per heavy atom. The van der Waals surface area contributed by atoms with Crippen molar-refractivity contribution < 1.29 is 25.2 Å². The van der Waals surface area contributed by atoms with Crippen LogP contribution < -0.4 is 5.32 Å². The molecule has 0 aromatic rings. The molecular weight excluding hydrogens is 959 g/mol. The van der Waals surface area contributed by atoms with Crippen molar-refractivity contribution in [2.24, 2.45) is 0 Å². The van der Waals surface area contributed by atoms with Crippen molar-refractivity contribution in [3.63, 3.8) is 0 Å². The highest BCUT2D eigenvalue weighted by Gasteiger charge is 2.28. The van der Waals surface area contributed by atoms with Crippen LogP contribution in [0.5, 0.6) is 0 Å². The lowest BCUT2D eigenvalue weighted by Gasteiger charge is -2.27. The highest BCUT2D eigenvalue weighted by Crippen LogP contribution is 2.20. The number of allylic oxidation sites excluding steroid dienone is 2. The Kier molecular flexibility index (Phi) is 66.0. The summed E-state index contributed by atoms with van der Waals surface area (Å²) >= 11 is 0. The van der Waals surface area contributed by atoms with E-state index in [1.807, 2.05) is 0 Å². The van der Waals surface area contributed by atoms with Gasteiger partial charge in [0.25, 0.3) is 0 Å². The van der Waals surface area contributed by atoms with Crippen LogP contribution >= 0.6 is 0 Å². The molecule has 0 aliphatic rings. The molecule has 78 heavy (non-hydrogen) atoms. The largest absolute Gasteiger partial charge is 0.394 e. The number of nitrogens with one attached hydrogen (secondary N) is 1. The van der Waals surface area contributed by atoms with E-state index in [1.54, 1.807) is 0 Å². The molecule has 6 heteroatoms. The summed E-state index contributed by atoms with van der Waals surface area (Å²) in [6.07, 6.45) is 83.5. The predicted molar refractivity (Wildman–Crippen MR) is 344 cm³/mol. The van der Waals surface area contributed by atoms with Crippen LogP contribution in [0.15, 0.2) is 12.2 Å². The van der Waals surface area contributed by atoms with Gasteiger partial charge in [-0.3, -0.25) is 4.79 Å². The van der Waals surface area contributed by atoms with Crippen LogP contribution in [0.1, 0.15) is 412 Å². The maximum atomic E-state index is 12.7. The van der Waals surface area contributed by atoms with Crippen molar-refractivity contribution in [1.29, 1.82) is 0 Å². The van der Waals surface area contributed by atoms with Gasteiger partial charge in [-0.25, -0.2) is 0 Å². The van der Waals surface area contributed by atoms with E-state index >= 15 is 0 Å². The van der Waals surface area contributed by atoms with Crippen molar-refractivity contribution in [3.05, 3.63) is 12.2 Å². The van der Waals surface area contributed by atoms with E-state index in [1.165, 1.54) is 347 Å². The molecule has 0 aliphatic carbocycles. The smallest absolute Gasteiger partial charge is 0.249 e. The Labute approximate surface area is 489 Å². The molecule has 0 saturated heterocycles. The third kappa shape index (κ3) is 59.7. The molecule has 1 amide bonds. The SMILES string of the molecule is CCCCCCCCCCCCCC/C=C\CCCCCCCCCCCCCCCCC(O)C(=O)NC(CO)C(O)C(O)CCCCCCCCCCCCCCCCCCCCCCCCCCCCCCCCCC. The molecule has 0 aromatic carbocycles. The minimum absolute atomic E-state index is 0.374. The molecule has 0 rings (SSSR count). The summed E-state index contributed by atoms with van der Waals surface area (Å²) in [5.74, 6) is -0.575. The number of aliphatic hydroxyl groups is 4. The van der Waals surface area contributed by atoms with Crippen LogP contribution in [-0.4, -0.2) is 57.3 Å². The zero-order valence-electron chi connectivity index (χ0n) is 53.2. The van der Waals surface area contributed by atoms with Gasteiger partial charge in [0, 0.05) is 0 Å². The number of rotatable bonds is 68. The second-order valence-electron chi connectivity index (χ2n) is 25.3. The molecule has 0 heterocycles. The van der Waals surface area contributed by atoms with E-state index in [0.717, 1.165) is 38.5 Å². The van der Waals surface area contributed by atoms with Gasteiger partial charge < -0.3 is 25.7 Å². The summed E-state index contributed by atoms with van der Waals surface area (Å²) in [5.41, 5.74) is 0. The van der Waals surface area contributed by atoms with Gasteiger partial charge in [-0.15, -0.1) is 0 Å². The molecule has 0 fully saturated rings. The lowest BCUT2D eigenvalue weighted by Crippen LogP contribution is -2.53. The molecule has 0 spiro atoms. The van der Waals surface area contributed by atoms with Crippen LogP contribution in [-0.2, 0) is 4.79 Å². The standard InChI is InChI=1S/C72H143NO5/c1-3-5-7-9-11-13-15-17-19-21-23-25-27-29-31-33-35-36-38-39-41-43-45-47-49-51-53-55-57-59-61-63-65-69(75)71(77)68(67-74)73-72(78)70(76)66-64-62-60-58-56-54-52-50-48-46-44-42-40-37-34-32-30-28-26-24-22-20-18-16-14-12-10-8-6-4-2/h30,32,68-71,74-77H,3-29,31,33-67H2,1-2H3,(H,73,78)/b32-30-. The van der Waals surface area contributed by atoms with Crippen molar-refractivity contribution in [2.45, 2.75) is 436 Å². The van der Waals surface area contributed by atoms with Crippen LogP contribution in [0.3, 0.4) is 0 Å². The van der Waals surface area contributed by atoms with E-state index in [2.05, 4.69) is 31.3 Å². The lowest BCUT2D eigenvalue weighted by atomic mass is 9.99. The average Bonchev–Trinajstić information content (AvgIpc) is 3.45. The number of carbonyl (C=O) groups is 1. The van der Waals surface area contributed by atoms with Crippen molar-refractivity contribution in [1.82, 2.24) is 5.32 Å². The minimum Gasteiger partial charge on any atom is -0.394 e. The van der Waals surface area contributed by atoms with Crippen LogP contribution in [0, 0.1) is 0 Å². The topological polar surface area (TPSA) is 110 Å². The van der Waals surface area contributed by atoms with Crippen molar-refractivity contribution in [3.8, 4) is 0 Å². The van der Waals surface area contributed by atoms with Gasteiger partial charge in [0.2, 0.25) is 5.91 Å². The first kappa shape index (κ1) is 77.0. The monoisotopic (exact) mass is 1100 g/mol. The normalized spacial score (nSPS) is 13.5. The predicted octanol–water partition coefficient (Wildman–Crippen LogP) is 22.3. The van der Waals surface area contributed by atoms with Gasteiger partial charge in [0.1, 0.15) is 12.2 Å². The van der Waals surface area contributed by atoms with Crippen molar-refractivity contribution >= 4 is 5.91 Å². The number of amides is 1. The molecule has 4 unspecified atom stereocenters. The third-order valence-corrected chi connectivity index (χ3v) is 17.5. The molecule has 0 aliphatic heterocycles. The second kappa shape index (κ2) is 66.8. The van der Waals surface area contributed by atoms with E-state index in [4.69, 9.17) is 0 Å². The Bertz CT molecular complexity index is 1150. The second-order valence-corrected chi connectivity index (χ2v) is 25.3. The van der Waals surface area contributed by atoms with Gasteiger partial charge in [0.05, 0.1) is 18.8 Å². The molecular formula is C72H143NO5. The first-order valence-corrected chi connectivity index (χ1v) is 36.1. The molecule has 0 saturated carbocycles. The van der Waals surface area contributed by atoms with E-state index in [9.17, 15) is 25.2 Å². The van der Waals surface area contributed by atoms with Crippen LogP contribution in [0.25, 0.3) is 0 Å². The molecule has 466 valence electrons. The fourth-order valence-electron chi connectivity index (χ4n) is 11.9. The zero-order valence-corrected chi connectivity index (χ0v) is 53.2. The molecule has 0 aromatic heterocycles. The van der Waals surface area contributed by atoms with E-state index in [-0.39, 0.29) is 0 Å². The summed E-state index contributed by atoms with van der Waals surface area (Å²) in [5, 5.41) is 44.3. The number of hydrogen-bond donors (Lipinski definition) is 5. The highest BCUT2D eigenvalue weighted by atomic mass is 16.3. The summed E-state index contributed by atoms with van der Waals surface area (Å²) < 4.78 is 0. The highest BCUT2D eigenvalue weighted by molar-refractivity contribution is 5.80. The molecule has 5 N–H and O–H groups in total. The van der Waals surface area contributed by atoms with Crippen LogP contribution in [0.2, 0.25) is 0 Å². The minimum atomic E-state index is -1.26. The maximum Gasteiger partial charge on any atom is 0.249 e. The van der Waals surface area contributed by atoms with Gasteiger partial charge in [-0.05, 0) is 38.5 Å². The van der Waals surface area contributed by atoms with Crippen molar-refractivity contribution in [2.75, 3.05) is 6.61 Å². The first-order chi connectivity index (χ1) is 38.5. The summed E-state index contributed by atoms with van der Waals surface area (Å²) in [6.45, 7) is 4.12. The lowest BCUT2D eigenvalue weighted by molar-refractivity contribution is -0.132. The van der Waals surface area contributed by atoms with E-state index < -0.39 is 36.9 Å². The fraction of sp³-hybridized carbons (Fsp3) is 0.958. The summed E-state index contributed by atoms with van der Waals surface area (Å²) in [7, 11) is 0. The fourth-order valence-corrected chi connectivity index (χ4v) is 11.9. The molecule has 6 nitrogen and oxygen atoms in total. The Morgan fingerprint density at radius 2 is 0.513 bits per heavy atom. The van der Waals surface area contributed by atoms with E-state index in [0.29, 0.717) is 12.8 Å². The Balaban J connectivity index is 3.51. The number of aliphatic hydroxyl groups excluding tert-OH is 4. The Morgan fingerprint density at radius 1 is 0.308 bits per heavy atom. The van der Waals surface area contributed by atoms with Gasteiger partial charge >= 0.3 is 0 Å². The quantitative estimate of drug-likeness (QED) is 0.0308. The third-order valence-electron chi connectivity index (χ3n) is 17.5. The average molecular weight is 1100 g/mol. The molecule has 0 bridgehead atoms. The van der Waals surface area contributed by atoms with Crippen LogP contribution in [0.4, 0.5) is 0 Å². The number of hydrogen-bond acceptors (Lipinski definition) is 5.